The molecule has 84 heavy (non-hydrogen) atoms. The normalized spacial score (nSPS) is 14.0. The summed E-state index contributed by atoms with van der Waals surface area (Å²) in [5, 5.41) is 15.7. The number of nitrogen functional groups attached to an aromatic ring is 2. The van der Waals surface area contributed by atoms with Crippen LogP contribution in [0.1, 0.15) is 134 Å². The number of imidazole rings is 2. The van der Waals surface area contributed by atoms with Gasteiger partial charge in [-0.2, -0.15) is 10.2 Å². The number of rotatable bonds is 20. The molecule has 0 aliphatic carbocycles. The monoisotopic (exact) mass is 1220 g/mol. The van der Waals surface area contributed by atoms with Gasteiger partial charge in [0.25, 0.3) is 0 Å². The molecule has 6 N–H and O–H groups in total. The summed E-state index contributed by atoms with van der Waals surface area (Å²) in [5.41, 5.74) is 18.3. The summed E-state index contributed by atoms with van der Waals surface area (Å²) >= 11 is 3.51. The van der Waals surface area contributed by atoms with Crippen molar-refractivity contribution >= 4 is 96.3 Å². The predicted molar refractivity (Wildman–Crippen MR) is 335 cm³/mol. The fraction of sp³-hybridized carbons (Fsp3) is 0.533. The van der Waals surface area contributed by atoms with Gasteiger partial charge < -0.3 is 58.7 Å². The number of benzene rings is 2. The van der Waals surface area contributed by atoms with Crippen LogP contribution < -0.4 is 17.1 Å². The number of carbonyl (C=O) groups excluding carboxylic acids is 2. The van der Waals surface area contributed by atoms with Gasteiger partial charge in [-0.05, 0) is 138 Å². The zero-order chi connectivity index (χ0) is 61.1. The number of fused-ring (bicyclic) bond motifs is 6. The molecule has 0 atom stereocenters. The molecule has 0 saturated carbocycles. The molecule has 0 bridgehead atoms. The Labute approximate surface area is 501 Å². The first kappa shape index (κ1) is 64.7. The van der Waals surface area contributed by atoms with Gasteiger partial charge >= 0.3 is 19.3 Å². The summed E-state index contributed by atoms with van der Waals surface area (Å²) in [6.07, 6.45) is 6.85. The van der Waals surface area contributed by atoms with Gasteiger partial charge in [-0.15, -0.1) is 0 Å². The van der Waals surface area contributed by atoms with Crippen molar-refractivity contribution in [3.8, 4) is 11.3 Å². The maximum Gasteiger partial charge on any atom is 0.513 e. The van der Waals surface area contributed by atoms with Crippen molar-refractivity contribution in [3.05, 3.63) is 77.0 Å². The van der Waals surface area contributed by atoms with Gasteiger partial charge in [-0.25, -0.2) is 29.5 Å². The number of halogens is 1. The van der Waals surface area contributed by atoms with Crippen molar-refractivity contribution in [1.29, 1.82) is 0 Å². The smallest absolute Gasteiger partial charge is 0.444 e. The van der Waals surface area contributed by atoms with Crippen LogP contribution in [0.3, 0.4) is 0 Å². The lowest BCUT2D eigenvalue weighted by atomic mass is 9.85. The minimum atomic E-state index is -0.589. The summed E-state index contributed by atoms with van der Waals surface area (Å²) in [5.74, 6) is 2.14. The van der Waals surface area contributed by atoms with E-state index in [4.69, 9.17) is 49.7 Å². The minimum absolute atomic E-state index is 0.280. The fourth-order valence-corrected chi connectivity index (χ4v) is 9.53. The topological polar surface area (TPSA) is 267 Å². The largest absolute Gasteiger partial charge is 0.513 e. The van der Waals surface area contributed by atoms with E-state index in [2.05, 4.69) is 69.3 Å². The Hall–Kier alpha value is -6.86. The predicted octanol–water partition coefficient (Wildman–Crippen LogP) is 11.3. The van der Waals surface area contributed by atoms with E-state index in [0.29, 0.717) is 81.0 Å². The lowest BCUT2D eigenvalue weighted by Crippen LogP contribution is -2.41. The second-order valence-corrected chi connectivity index (χ2v) is 24.5. The molecule has 1 aliphatic rings. The molecule has 1 fully saturated rings. The molecule has 1 aliphatic heterocycles. The van der Waals surface area contributed by atoms with Gasteiger partial charge in [0, 0.05) is 72.6 Å². The number of nitrogens with zero attached hydrogens (tertiary/aromatic N) is 10. The number of nitrogens with one attached hydrogen (secondary N) is 2. The van der Waals surface area contributed by atoms with Crippen LogP contribution in [0.25, 0.3) is 55.1 Å². The Kier molecular flexibility index (Phi) is 21.5. The molecule has 6 aromatic heterocycles. The van der Waals surface area contributed by atoms with E-state index in [1.165, 1.54) is 0 Å². The van der Waals surface area contributed by atoms with Crippen LogP contribution in [-0.4, -0.2) is 140 Å². The molecule has 22 nitrogen and oxygen atoms in total. The molecule has 7 heterocycles. The first-order chi connectivity index (χ1) is 39.8. The molecule has 0 unspecified atom stereocenters. The molecule has 8 aromatic rings. The molecule has 24 heteroatoms. The Balaban J connectivity index is 0.000000197. The average Bonchev–Trinajstić information content (AvgIpc) is 1.83. The van der Waals surface area contributed by atoms with E-state index in [9.17, 15) is 9.59 Å². The summed E-state index contributed by atoms with van der Waals surface area (Å²) < 4.78 is 39.7. The number of aromatic nitrogens is 10. The van der Waals surface area contributed by atoms with E-state index in [1.807, 2.05) is 132 Å². The SMILES string of the molecule is CC1(C)OB(c2ccn[nH]2)OC1(C)C.CCCCOCCn1c(CN(CC)C(=O)OC(C)(C)C)nc2c(N)nc3cc(-c4ccn[nH]4)ccc3c21.CCCCOCCn1c(CN(CC)C(=O)OC(C)(C)C)nc2c(N)nc3cc(Br)ccc3c21. The van der Waals surface area contributed by atoms with Crippen molar-refractivity contribution in [1.82, 2.24) is 59.3 Å². The van der Waals surface area contributed by atoms with E-state index in [1.54, 1.807) is 22.2 Å². The summed E-state index contributed by atoms with van der Waals surface area (Å²) in [4.78, 5) is 47.9. The maximum atomic E-state index is 12.9. The highest BCUT2D eigenvalue weighted by molar-refractivity contribution is 9.10. The number of amides is 2. The lowest BCUT2D eigenvalue weighted by molar-refractivity contribution is 0.00578. The number of ether oxygens (including phenoxy) is 4. The molecule has 0 radical (unpaired) electrons. The number of carbonyl (C=O) groups is 2. The molecular weight excluding hydrogens is 1140 g/mol. The number of pyridine rings is 2. The highest BCUT2D eigenvalue weighted by Crippen LogP contribution is 2.37. The Bertz CT molecular complexity index is 3450. The number of anilines is 2. The highest BCUT2D eigenvalue weighted by atomic mass is 79.9. The van der Waals surface area contributed by atoms with Crippen molar-refractivity contribution in [2.24, 2.45) is 0 Å². The number of hydrogen-bond donors (Lipinski definition) is 4. The third kappa shape index (κ3) is 16.1. The molecule has 1 saturated heterocycles. The van der Waals surface area contributed by atoms with Crippen LogP contribution in [0.2, 0.25) is 0 Å². The van der Waals surface area contributed by atoms with Crippen LogP contribution >= 0.6 is 15.9 Å². The number of unbranched alkanes of at least 4 members (excludes halogenated alkanes) is 2. The summed E-state index contributed by atoms with van der Waals surface area (Å²) in [6, 6.07) is 15.8. The van der Waals surface area contributed by atoms with Crippen molar-refractivity contribution < 1.29 is 37.8 Å². The molecule has 2 amide bonds. The number of nitrogens with two attached hydrogens (primary N) is 2. The minimum Gasteiger partial charge on any atom is -0.444 e. The quantitative estimate of drug-likeness (QED) is 0.0408. The van der Waals surface area contributed by atoms with Gasteiger partial charge in [0.15, 0.2) is 11.6 Å². The van der Waals surface area contributed by atoms with Crippen molar-refractivity contribution in [2.75, 3.05) is 51.0 Å². The van der Waals surface area contributed by atoms with Gasteiger partial charge in [0.2, 0.25) is 0 Å². The molecule has 454 valence electrons. The number of H-pyrrole nitrogens is 2. The van der Waals surface area contributed by atoms with Crippen molar-refractivity contribution in [2.45, 2.75) is 171 Å². The average molecular weight is 1220 g/mol. The van der Waals surface area contributed by atoms with Gasteiger partial charge in [0.05, 0.1) is 70.9 Å². The molecule has 0 spiro atoms. The van der Waals surface area contributed by atoms with Crippen LogP contribution in [0, 0.1) is 0 Å². The van der Waals surface area contributed by atoms with E-state index in [0.717, 1.165) is 92.3 Å². The van der Waals surface area contributed by atoms with Crippen LogP contribution in [0.15, 0.2) is 65.4 Å². The standard InChI is InChI=1S/C27H37N7O3.C24H34BrN5O3.C9H15BN2O2/c1-6-8-14-36-15-13-34-22(17-33(7-2)26(35)37-27(3,4)5)31-23-24(34)19-10-9-18(20-11-12-29-32-20)16-21(19)30-25(23)28;1-6-8-12-32-13-11-30-19(15-29(7-2)23(31)33-24(3,4)5)28-20-21(30)17-10-9-16(25)14-18(17)27-22(20)26;1-8(2)9(3,4)14-10(13-8)7-5-6-11-12-7/h9-12,16H,6-8,13-15,17H2,1-5H3,(H2,28,30)(H,29,32);9-10,14H,6-8,11-13,15H2,1-5H3,(H2,26,27);5-6H,1-4H3,(H,11,12). The highest BCUT2D eigenvalue weighted by Gasteiger charge is 2.52. The van der Waals surface area contributed by atoms with Crippen LogP contribution in [-0.2, 0) is 54.4 Å². The fourth-order valence-electron chi connectivity index (χ4n) is 9.18. The molecule has 9 rings (SSSR count). The van der Waals surface area contributed by atoms with Crippen LogP contribution in [0.5, 0.6) is 0 Å². The number of aromatic amines is 2. The maximum absolute atomic E-state index is 12.9. The third-order valence-corrected chi connectivity index (χ3v) is 14.8. The first-order valence-electron chi connectivity index (χ1n) is 29.1. The van der Waals surface area contributed by atoms with Gasteiger partial charge in [0.1, 0.15) is 33.9 Å². The zero-order valence-electron chi connectivity index (χ0n) is 51.5. The zero-order valence-corrected chi connectivity index (χ0v) is 53.1. The number of hydrogen-bond acceptors (Lipinski definition) is 16. The van der Waals surface area contributed by atoms with E-state index < -0.39 is 11.2 Å². The molecular formula is C60H86BBrN14O8. The Morgan fingerprint density at radius 1 is 0.643 bits per heavy atom. The summed E-state index contributed by atoms with van der Waals surface area (Å²) in [7, 11) is -0.331. The Morgan fingerprint density at radius 3 is 1.54 bits per heavy atom. The second kappa shape index (κ2) is 27.9. The Morgan fingerprint density at radius 2 is 1.11 bits per heavy atom. The second-order valence-electron chi connectivity index (χ2n) is 23.6. The van der Waals surface area contributed by atoms with Crippen LogP contribution in [0.4, 0.5) is 21.2 Å². The third-order valence-electron chi connectivity index (χ3n) is 14.3. The molecule has 2 aromatic carbocycles. The summed E-state index contributed by atoms with van der Waals surface area (Å²) in [6.45, 7) is 32.6. The lowest BCUT2D eigenvalue weighted by Gasteiger charge is -2.32. The first-order valence-corrected chi connectivity index (χ1v) is 29.9. The van der Waals surface area contributed by atoms with E-state index in [-0.39, 0.29) is 37.1 Å². The van der Waals surface area contributed by atoms with E-state index >= 15 is 0 Å². The van der Waals surface area contributed by atoms with Gasteiger partial charge in [-0.3, -0.25) is 10.2 Å². The van der Waals surface area contributed by atoms with Gasteiger partial charge in [-0.1, -0.05) is 48.7 Å². The van der Waals surface area contributed by atoms with Crippen molar-refractivity contribution in [3.63, 3.8) is 0 Å².